The summed E-state index contributed by atoms with van der Waals surface area (Å²) in [6, 6.07) is 5.87. The highest BCUT2D eigenvalue weighted by atomic mass is 16.5. The number of hydrogen-bond acceptors (Lipinski definition) is 4. The van der Waals surface area contributed by atoms with Crippen molar-refractivity contribution in [3.05, 3.63) is 23.8 Å². The van der Waals surface area contributed by atoms with Gasteiger partial charge in [0, 0.05) is 38.4 Å². The third-order valence-electron chi connectivity index (χ3n) is 4.07. The Morgan fingerprint density at radius 3 is 2.83 bits per heavy atom. The molecule has 0 bridgehead atoms. The van der Waals surface area contributed by atoms with Gasteiger partial charge in [0.15, 0.2) is 5.96 Å². The van der Waals surface area contributed by atoms with E-state index >= 15 is 0 Å². The van der Waals surface area contributed by atoms with Gasteiger partial charge in [-0.2, -0.15) is 0 Å². The molecule has 1 heterocycles. The van der Waals surface area contributed by atoms with Crippen LogP contribution in [0.15, 0.2) is 23.2 Å². The number of nitrogens with zero attached hydrogens (tertiary/aromatic N) is 2. The zero-order chi connectivity index (χ0) is 17.4. The van der Waals surface area contributed by atoms with Crippen molar-refractivity contribution in [1.29, 1.82) is 0 Å². The molecule has 1 fully saturated rings. The molecule has 0 aromatic heterocycles. The minimum Gasteiger partial charge on any atom is -0.497 e. The van der Waals surface area contributed by atoms with Gasteiger partial charge in [0.05, 0.1) is 26.9 Å². The normalized spacial score (nSPS) is 17.7. The van der Waals surface area contributed by atoms with E-state index in [1.807, 2.05) is 25.2 Å². The highest BCUT2D eigenvalue weighted by molar-refractivity contribution is 5.79. The van der Waals surface area contributed by atoms with Crippen molar-refractivity contribution >= 4 is 5.96 Å². The maximum atomic E-state index is 5.65. The monoisotopic (exact) mass is 335 g/mol. The van der Waals surface area contributed by atoms with Crippen molar-refractivity contribution in [2.24, 2.45) is 4.99 Å². The topological polar surface area (TPSA) is 55.3 Å². The Bertz CT molecular complexity index is 542. The van der Waals surface area contributed by atoms with Crippen molar-refractivity contribution in [2.45, 2.75) is 32.4 Å². The second-order valence-corrected chi connectivity index (χ2v) is 5.86. The molecule has 24 heavy (non-hydrogen) atoms. The molecule has 134 valence electrons. The predicted molar refractivity (Wildman–Crippen MR) is 96.0 cm³/mol. The molecule has 0 aliphatic carbocycles. The zero-order valence-corrected chi connectivity index (χ0v) is 15.2. The fourth-order valence-corrected chi connectivity index (χ4v) is 2.76. The smallest absolute Gasteiger partial charge is 0.194 e. The van der Waals surface area contributed by atoms with Crippen LogP contribution in [0.3, 0.4) is 0 Å². The Kier molecular flexibility index (Phi) is 7.18. The lowest BCUT2D eigenvalue weighted by Crippen LogP contribution is -2.39. The molecule has 1 aromatic carbocycles. The van der Waals surface area contributed by atoms with Crippen molar-refractivity contribution in [3.8, 4) is 11.5 Å². The minimum absolute atomic E-state index is 0.252. The van der Waals surface area contributed by atoms with Crippen LogP contribution in [-0.2, 0) is 11.3 Å². The lowest BCUT2D eigenvalue weighted by molar-refractivity contribution is 0.117. The maximum absolute atomic E-state index is 5.65. The molecule has 1 aliphatic heterocycles. The second-order valence-electron chi connectivity index (χ2n) is 5.86. The summed E-state index contributed by atoms with van der Waals surface area (Å²) in [4.78, 5) is 6.82. The molecule has 6 heteroatoms. The molecule has 0 saturated carbocycles. The molecular weight excluding hydrogens is 306 g/mol. The van der Waals surface area contributed by atoms with Crippen LogP contribution in [-0.4, -0.2) is 57.9 Å². The van der Waals surface area contributed by atoms with Gasteiger partial charge in [-0.15, -0.1) is 0 Å². The molecule has 1 atom stereocenters. The van der Waals surface area contributed by atoms with Crippen LogP contribution in [0.2, 0.25) is 0 Å². The van der Waals surface area contributed by atoms with Crippen LogP contribution in [0.4, 0.5) is 0 Å². The number of benzene rings is 1. The van der Waals surface area contributed by atoms with Gasteiger partial charge >= 0.3 is 0 Å². The lowest BCUT2D eigenvalue weighted by atomic mass is 10.2. The first kappa shape index (κ1) is 18.4. The van der Waals surface area contributed by atoms with Gasteiger partial charge < -0.3 is 24.4 Å². The Morgan fingerprint density at radius 2 is 2.21 bits per heavy atom. The van der Waals surface area contributed by atoms with E-state index in [1.54, 1.807) is 14.2 Å². The summed E-state index contributed by atoms with van der Waals surface area (Å²) >= 11 is 0. The van der Waals surface area contributed by atoms with E-state index < -0.39 is 0 Å². The second kappa shape index (κ2) is 9.37. The number of ether oxygens (including phenoxy) is 3. The third-order valence-corrected chi connectivity index (χ3v) is 4.07. The highest BCUT2D eigenvalue weighted by Gasteiger charge is 2.16. The molecule has 1 N–H and O–H groups in total. The van der Waals surface area contributed by atoms with Crippen molar-refractivity contribution in [1.82, 2.24) is 10.2 Å². The Morgan fingerprint density at radius 1 is 1.38 bits per heavy atom. The van der Waals surface area contributed by atoms with Crippen LogP contribution in [0.1, 0.15) is 25.3 Å². The molecule has 1 saturated heterocycles. The van der Waals surface area contributed by atoms with Crippen LogP contribution in [0.25, 0.3) is 0 Å². The van der Waals surface area contributed by atoms with Gasteiger partial charge in [0.25, 0.3) is 0 Å². The molecule has 1 aliphatic rings. The molecule has 1 aromatic rings. The molecule has 1 unspecified atom stereocenters. The number of aliphatic imine (C=N–C) groups is 1. The standard InChI is InChI=1S/C18H29N3O3/c1-5-19-18(20-12-16-7-6-10-24-16)21(2)13-14-8-9-15(22-3)11-17(14)23-4/h8-9,11,16H,5-7,10,12-13H2,1-4H3,(H,19,20). The van der Waals surface area contributed by atoms with E-state index in [2.05, 4.69) is 17.1 Å². The highest BCUT2D eigenvalue weighted by Crippen LogP contribution is 2.25. The first-order valence-corrected chi connectivity index (χ1v) is 8.49. The summed E-state index contributed by atoms with van der Waals surface area (Å²) in [5, 5.41) is 3.34. The average molecular weight is 335 g/mol. The van der Waals surface area contributed by atoms with E-state index in [0.29, 0.717) is 13.1 Å². The summed E-state index contributed by atoms with van der Waals surface area (Å²) < 4.78 is 16.4. The number of methoxy groups -OCH3 is 2. The van der Waals surface area contributed by atoms with Gasteiger partial charge in [0.1, 0.15) is 11.5 Å². The van der Waals surface area contributed by atoms with Gasteiger partial charge in [0.2, 0.25) is 0 Å². The van der Waals surface area contributed by atoms with E-state index in [0.717, 1.165) is 49.0 Å². The van der Waals surface area contributed by atoms with Crippen LogP contribution in [0, 0.1) is 0 Å². The summed E-state index contributed by atoms with van der Waals surface area (Å²) in [6.07, 6.45) is 2.48. The number of hydrogen-bond donors (Lipinski definition) is 1. The quantitative estimate of drug-likeness (QED) is 0.612. The zero-order valence-electron chi connectivity index (χ0n) is 15.2. The first-order valence-electron chi connectivity index (χ1n) is 8.49. The molecule has 6 nitrogen and oxygen atoms in total. The van der Waals surface area contributed by atoms with E-state index in [9.17, 15) is 0 Å². The number of guanidine groups is 1. The van der Waals surface area contributed by atoms with Gasteiger partial charge in [-0.1, -0.05) is 0 Å². The van der Waals surface area contributed by atoms with Crippen LogP contribution < -0.4 is 14.8 Å². The Labute approximate surface area is 144 Å². The van der Waals surface area contributed by atoms with Gasteiger partial charge in [-0.05, 0) is 31.9 Å². The molecular formula is C18H29N3O3. The number of rotatable bonds is 7. The molecule has 0 radical (unpaired) electrons. The van der Waals surface area contributed by atoms with Crippen molar-refractivity contribution in [2.75, 3.05) is 41.0 Å². The molecule has 2 rings (SSSR count). The molecule has 0 amide bonds. The van der Waals surface area contributed by atoms with E-state index in [4.69, 9.17) is 19.2 Å². The average Bonchev–Trinajstić information content (AvgIpc) is 3.12. The van der Waals surface area contributed by atoms with Crippen LogP contribution in [0.5, 0.6) is 11.5 Å². The van der Waals surface area contributed by atoms with Crippen molar-refractivity contribution in [3.63, 3.8) is 0 Å². The summed E-state index contributed by atoms with van der Waals surface area (Å²) in [5.41, 5.74) is 1.09. The fourth-order valence-electron chi connectivity index (χ4n) is 2.76. The Balaban J connectivity index is 2.06. The summed E-state index contributed by atoms with van der Waals surface area (Å²) in [7, 11) is 5.36. The SMILES string of the molecule is CCNC(=NCC1CCCO1)N(C)Cc1ccc(OC)cc1OC. The number of nitrogens with one attached hydrogen (secondary N) is 1. The third kappa shape index (κ3) is 5.03. The fraction of sp³-hybridized carbons (Fsp3) is 0.611. The largest absolute Gasteiger partial charge is 0.497 e. The van der Waals surface area contributed by atoms with Crippen LogP contribution >= 0.6 is 0 Å². The summed E-state index contributed by atoms with van der Waals surface area (Å²) in [6.45, 7) is 5.16. The Hall–Kier alpha value is -1.95. The van der Waals surface area contributed by atoms with Gasteiger partial charge in [-0.25, -0.2) is 0 Å². The van der Waals surface area contributed by atoms with E-state index in [-0.39, 0.29) is 6.10 Å². The van der Waals surface area contributed by atoms with E-state index in [1.165, 1.54) is 0 Å². The summed E-state index contributed by atoms with van der Waals surface area (Å²) in [5.74, 6) is 2.49. The molecule has 0 spiro atoms. The van der Waals surface area contributed by atoms with Gasteiger partial charge in [-0.3, -0.25) is 4.99 Å². The first-order chi connectivity index (χ1) is 11.7. The minimum atomic E-state index is 0.252. The predicted octanol–water partition coefficient (Wildman–Crippen LogP) is 2.28. The maximum Gasteiger partial charge on any atom is 0.194 e. The lowest BCUT2D eigenvalue weighted by Gasteiger charge is -2.23. The van der Waals surface area contributed by atoms with Crippen molar-refractivity contribution < 1.29 is 14.2 Å².